The molecule has 4 nitrogen and oxygen atoms in total. The zero-order valence-electron chi connectivity index (χ0n) is 12.7. The molecule has 0 fully saturated rings. The van der Waals surface area contributed by atoms with Gasteiger partial charge in [-0.3, -0.25) is 0 Å². The van der Waals surface area contributed by atoms with Crippen molar-refractivity contribution in [3.05, 3.63) is 59.4 Å². The van der Waals surface area contributed by atoms with Gasteiger partial charge in [0.2, 0.25) is 0 Å². The number of aromatic nitrogens is 1. The molecule has 5 heteroatoms. The number of halogens is 1. The van der Waals surface area contributed by atoms with Crippen molar-refractivity contribution in [3.8, 4) is 11.5 Å². The van der Waals surface area contributed by atoms with Crippen molar-refractivity contribution in [2.24, 2.45) is 0 Å². The molecular formula is C17H19ClN2O2. The van der Waals surface area contributed by atoms with Crippen LogP contribution in [0.2, 0.25) is 5.15 Å². The number of benzene rings is 1. The molecule has 0 aliphatic heterocycles. The Hall–Kier alpha value is -2.20. The Morgan fingerprint density at radius 2 is 2.09 bits per heavy atom. The summed E-state index contributed by atoms with van der Waals surface area (Å²) < 4.78 is 10.9. The van der Waals surface area contributed by atoms with E-state index in [4.69, 9.17) is 21.1 Å². The normalized spacial score (nSPS) is 10.1. The molecule has 0 atom stereocenters. The number of allylic oxidation sites excluding steroid dienone is 1. The van der Waals surface area contributed by atoms with Gasteiger partial charge in [0, 0.05) is 24.0 Å². The van der Waals surface area contributed by atoms with Crippen LogP contribution in [0.1, 0.15) is 11.1 Å². The maximum Gasteiger partial charge on any atom is 0.164 e. The van der Waals surface area contributed by atoms with Crippen molar-refractivity contribution >= 4 is 17.3 Å². The minimum absolute atomic E-state index is 0.463. The van der Waals surface area contributed by atoms with Crippen LogP contribution in [-0.4, -0.2) is 19.2 Å². The van der Waals surface area contributed by atoms with Gasteiger partial charge < -0.3 is 14.8 Å². The number of pyridine rings is 1. The number of hydrogen-bond acceptors (Lipinski definition) is 4. The number of rotatable bonds is 7. The van der Waals surface area contributed by atoms with E-state index in [1.807, 2.05) is 18.2 Å². The second kappa shape index (κ2) is 7.71. The van der Waals surface area contributed by atoms with Gasteiger partial charge in [0.15, 0.2) is 11.5 Å². The van der Waals surface area contributed by atoms with E-state index in [1.165, 1.54) is 0 Å². The summed E-state index contributed by atoms with van der Waals surface area (Å²) >= 11 is 5.88. The molecule has 0 unspecified atom stereocenters. The fraction of sp³-hybridized carbons (Fsp3) is 0.235. The highest BCUT2D eigenvalue weighted by molar-refractivity contribution is 6.29. The Bertz CT molecular complexity index is 659. The van der Waals surface area contributed by atoms with Gasteiger partial charge >= 0.3 is 0 Å². The zero-order chi connectivity index (χ0) is 15.9. The molecule has 0 radical (unpaired) electrons. The summed E-state index contributed by atoms with van der Waals surface area (Å²) in [6, 6.07) is 7.70. The van der Waals surface area contributed by atoms with Crippen molar-refractivity contribution in [2.75, 3.05) is 19.5 Å². The van der Waals surface area contributed by atoms with Crippen molar-refractivity contribution in [2.45, 2.75) is 13.0 Å². The molecule has 116 valence electrons. The van der Waals surface area contributed by atoms with Crippen molar-refractivity contribution in [1.29, 1.82) is 0 Å². The number of nitrogens with one attached hydrogen (secondary N) is 1. The summed E-state index contributed by atoms with van der Waals surface area (Å²) in [7, 11) is 3.27. The monoisotopic (exact) mass is 318 g/mol. The van der Waals surface area contributed by atoms with Crippen LogP contribution in [0, 0.1) is 0 Å². The van der Waals surface area contributed by atoms with Crippen LogP contribution in [-0.2, 0) is 13.0 Å². The van der Waals surface area contributed by atoms with Gasteiger partial charge in [-0.2, -0.15) is 0 Å². The third-order valence-corrected chi connectivity index (χ3v) is 3.41. The predicted octanol–water partition coefficient (Wildman–Crippen LogP) is 4.09. The Labute approximate surface area is 135 Å². The molecule has 0 saturated carbocycles. The fourth-order valence-electron chi connectivity index (χ4n) is 2.23. The number of ether oxygens (including phenoxy) is 2. The lowest BCUT2D eigenvalue weighted by Gasteiger charge is -2.15. The summed E-state index contributed by atoms with van der Waals surface area (Å²) in [4.78, 5) is 3.96. The Morgan fingerprint density at radius 3 is 2.73 bits per heavy atom. The molecule has 0 bridgehead atoms. The molecular weight excluding hydrogens is 300 g/mol. The first-order valence-electron chi connectivity index (χ1n) is 6.88. The van der Waals surface area contributed by atoms with E-state index in [0.717, 1.165) is 22.6 Å². The van der Waals surface area contributed by atoms with Crippen LogP contribution in [0.5, 0.6) is 11.5 Å². The number of nitrogens with zero attached hydrogens (tertiary/aromatic N) is 1. The highest BCUT2D eigenvalue weighted by Gasteiger charge is 2.11. The molecule has 1 heterocycles. The Kier molecular flexibility index (Phi) is 5.67. The third kappa shape index (κ3) is 3.92. The molecule has 1 aromatic heterocycles. The maximum atomic E-state index is 5.88. The van der Waals surface area contributed by atoms with Gasteiger partial charge in [-0.15, -0.1) is 6.58 Å². The number of methoxy groups -OCH3 is 2. The Morgan fingerprint density at radius 1 is 1.27 bits per heavy atom. The summed E-state index contributed by atoms with van der Waals surface area (Å²) in [6.07, 6.45) is 4.23. The summed E-state index contributed by atoms with van der Waals surface area (Å²) in [5.74, 6) is 1.46. The summed E-state index contributed by atoms with van der Waals surface area (Å²) in [5.41, 5.74) is 3.05. The van der Waals surface area contributed by atoms with Crippen molar-refractivity contribution in [3.63, 3.8) is 0 Å². The van der Waals surface area contributed by atoms with E-state index >= 15 is 0 Å². The van der Waals surface area contributed by atoms with Crippen LogP contribution in [0.25, 0.3) is 0 Å². The van der Waals surface area contributed by atoms with Gasteiger partial charge in [-0.05, 0) is 36.2 Å². The minimum Gasteiger partial charge on any atom is -0.493 e. The van der Waals surface area contributed by atoms with E-state index in [0.29, 0.717) is 23.9 Å². The van der Waals surface area contributed by atoms with Crippen LogP contribution in [0.15, 0.2) is 43.1 Å². The molecule has 1 aromatic carbocycles. The SMILES string of the molecule is C=CCc1cc(CNc2ccnc(Cl)c2)cc(OC)c1OC. The fourth-order valence-corrected chi connectivity index (χ4v) is 2.41. The second-order valence-electron chi connectivity index (χ2n) is 4.70. The summed E-state index contributed by atoms with van der Waals surface area (Å²) in [5, 5.41) is 3.78. The van der Waals surface area contributed by atoms with Crippen LogP contribution in [0.3, 0.4) is 0 Å². The molecule has 1 N–H and O–H groups in total. The first kappa shape index (κ1) is 16.2. The largest absolute Gasteiger partial charge is 0.493 e. The van der Waals surface area contributed by atoms with E-state index < -0.39 is 0 Å². The minimum atomic E-state index is 0.463. The van der Waals surface area contributed by atoms with Crippen LogP contribution in [0.4, 0.5) is 5.69 Å². The van der Waals surface area contributed by atoms with Gasteiger partial charge in [-0.25, -0.2) is 4.98 Å². The van der Waals surface area contributed by atoms with E-state index in [2.05, 4.69) is 22.9 Å². The predicted molar refractivity (Wildman–Crippen MR) is 90.0 cm³/mol. The van der Waals surface area contributed by atoms with Crippen LogP contribution >= 0.6 is 11.6 Å². The standard InChI is InChI=1S/C17H19ClN2O2/c1-4-5-13-8-12(9-15(21-2)17(13)22-3)11-20-14-6-7-19-16(18)10-14/h4,6-10H,1,5,11H2,2-3H3,(H,19,20). The maximum absolute atomic E-state index is 5.88. The molecule has 22 heavy (non-hydrogen) atoms. The highest BCUT2D eigenvalue weighted by atomic mass is 35.5. The number of anilines is 1. The lowest BCUT2D eigenvalue weighted by atomic mass is 10.1. The van der Waals surface area contributed by atoms with E-state index in [1.54, 1.807) is 26.5 Å². The quantitative estimate of drug-likeness (QED) is 0.617. The van der Waals surface area contributed by atoms with Crippen molar-refractivity contribution < 1.29 is 9.47 Å². The average Bonchev–Trinajstić information content (AvgIpc) is 2.52. The first-order chi connectivity index (χ1) is 10.7. The van der Waals surface area contributed by atoms with E-state index in [-0.39, 0.29) is 0 Å². The molecule has 2 aromatic rings. The van der Waals surface area contributed by atoms with Crippen molar-refractivity contribution in [1.82, 2.24) is 4.98 Å². The van der Waals surface area contributed by atoms with E-state index in [9.17, 15) is 0 Å². The highest BCUT2D eigenvalue weighted by Crippen LogP contribution is 2.33. The molecule has 2 rings (SSSR count). The zero-order valence-corrected chi connectivity index (χ0v) is 13.5. The average molecular weight is 319 g/mol. The molecule has 0 spiro atoms. The second-order valence-corrected chi connectivity index (χ2v) is 5.09. The Balaban J connectivity index is 2.23. The number of hydrogen-bond donors (Lipinski definition) is 1. The van der Waals surface area contributed by atoms with Gasteiger partial charge in [0.05, 0.1) is 14.2 Å². The molecule has 0 aliphatic rings. The lowest BCUT2D eigenvalue weighted by molar-refractivity contribution is 0.352. The molecule has 0 aliphatic carbocycles. The first-order valence-corrected chi connectivity index (χ1v) is 7.25. The summed E-state index contributed by atoms with van der Waals surface area (Å²) in [6.45, 7) is 4.43. The smallest absolute Gasteiger partial charge is 0.164 e. The van der Waals surface area contributed by atoms with Gasteiger partial charge in [0.1, 0.15) is 5.15 Å². The topological polar surface area (TPSA) is 43.4 Å². The third-order valence-electron chi connectivity index (χ3n) is 3.20. The molecule has 0 saturated heterocycles. The van der Waals surface area contributed by atoms with Gasteiger partial charge in [0.25, 0.3) is 0 Å². The van der Waals surface area contributed by atoms with Crippen LogP contribution < -0.4 is 14.8 Å². The lowest BCUT2D eigenvalue weighted by Crippen LogP contribution is -2.03. The molecule has 0 amide bonds. The van der Waals surface area contributed by atoms with Gasteiger partial charge in [-0.1, -0.05) is 17.7 Å².